The molecule has 0 radical (unpaired) electrons. The van der Waals surface area contributed by atoms with Gasteiger partial charge in [0.2, 0.25) is 0 Å². The van der Waals surface area contributed by atoms with E-state index in [0.29, 0.717) is 6.61 Å². The number of benzene rings is 3. The highest BCUT2D eigenvalue weighted by atomic mass is 32.1. The predicted molar refractivity (Wildman–Crippen MR) is 128 cm³/mol. The van der Waals surface area contributed by atoms with Crippen LogP contribution in [0.1, 0.15) is 29.5 Å². The number of thiophene rings is 1. The number of ether oxygens (including phenoxy) is 1. The highest BCUT2D eigenvalue weighted by Crippen LogP contribution is 2.44. The molecule has 4 aromatic rings. The van der Waals surface area contributed by atoms with Crippen LogP contribution in [0.3, 0.4) is 0 Å². The average Bonchev–Trinajstić information content (AvgIpc) is 3.39. The van der Waals surface area contributed by atoms with Gasteiger partial charge in [-0.25, -0.2) is 4.79 Å². The number of likely N-dealkylation sites (N-methyl/N-ethyl adjacent to an activating group) is 1. The molecular weight excluding hydrogens is 402 g/mol. The predicted octanol–water partition coefficient (Wildman–Crippen LogP) is 6.71. The van der Waals surface area contributed by atoms with E-state index in [1.165, 1.54) is 37.9 Å². The third kappa shape index (κ3) is 3.72. The number of carbonyl (C=O) groups is 1. The summed E-state index contributed by atoms with van der Waals surface area (Å²) in [6.07, 6.45) is 0.528. The van der Waals surface area contributed by atoms with E-state index in [1.807, 2.05) is 7.05 Å². The van der Waals surface area contributed by atoms with Crippen LogP contribution >= 0.6 is 11.3 Å². The van der Waals surface area contributed by atoms with E-state index in [4.69, 9.17) is 4.74 Å². The first-order valence-electron chi connectivity index (χ1n) is 10.7. The van der Waals surface area contributed by atoms with Crippen molar-refractivity contribution in [2.24, 2.45) is 0 Å². The number of hydrogen-bond donors (Lipinski definition) is 0. The molecule has 1 aromatic heterocycles. The van der Waals surface area contributed by atoms with Gasteiger partial charge in [-0.2, -0.15) is 0 Å². The summed E-state index contributed by atoms with van der Waals surface area (Å²) in [4.78, 5) is 14.5. The van der Waals surface area contributed by atoms with E-state index in [9.17, 15) is 4.79 Å². The second-order valence-corrected chi connectivity index (χ2v) is 9.21. The first kappa shape index (κ1) is 19.8. The number of hydrogen-bond acceptors (Lipinski definition) is 3. The topological polar surface area (TPSA) is 29.5 Å². The van der Waals surface area contributed by atoms with Crippen molar-refractivity contribution in [1.82, 2.24) is 4.90 Å². The van der Waals surface area contributed by atoms with Crippen molar-refractivity contribution in [3.05, 3.63) is 94.9 Å². The summed E-state index contributed by atoms with van der Waals surface area (Å²) in [5.74, 6) is 0.0845. The maximum atomic E-state index is 12.8. The van der Waals surface area contributed by atoms with Crippen LogP contribution in [0.25, 0.3) is 21.2 Å². The van der Waals surface area contributed by atoms with Gasteiger partial charge in [0.25, 0.3) is 0 Å². The van der Waals surface area contributed by atoms with E-state index < -0.39 is 0 Å². The summed E-state index contributed by atoms with van der Waals surface area (Å²) >= 11 is 1.75. The molecule has 0 saturated carbocycles. The molecule has 4 heteroatoms. The van der Waals surface area contributed by atoms with E-state index >= 15 is 0 Å². The fourth-order valence-electron chi connectivity index (χ4n) is 4.48. The first-order chi connectivity index (χ1) is 15.1. The van der Waals surface area contributed by atoms with Crippen LogP contribution in [0.2, 0.25) is 0 Å². The molecule has 0 N–H and O–H groups in total. The van der Waals surface area contributed by atoms with Crippen LogP contribution in [0.15, 0.2) is 78.2 Å². The van der Waals surface area contributed by atoms with Gasteiger partial charge in [-0.05, 0) is 64.1 Å². The summed E-state index contributed by atoms with van der Waals surface area (Å²) in [5, 5.41) is 3.38. The molecule has 5 rings (SSSR count). The molecule has 1 aliphatic carbocycles. The van der Waals surface area contributed by atoms with Gasteiger partial charge in [0, 0.05) is 23.7 Å². The van der Waals surface area contributed by atoms with Crippen LogP contribution in [-0.4, -0.2) is 30.7 Å². The average molecular weight is 428 g/mol. The Labute approximate surface area is 186 Å². The smallest absolute Gasteiger partial charge is 0.409 e. The third-order valence-corrected chi connectivity index (χ3v) is 7.22. The fourth-order valence-corrected chi connectivity index (χ4v) is 5.33. The standard InChI is InChI=1S/C27H25NO2S/c1-18(15-19-11-12-20-13-14-31-26(20)16-19)28(2)27(29)30-17-25-23-9-5-3-7-21(23)22-8-4-6-10-24(22)25/h3-14,16,18,25H,15,17H2,1-2H3/t18-/m0/s1. The lowest BCUT2D eigenvalue weighted by Gasteiger charge is -2.25. The maximum Gasteiger partial charge on any atom is 0.409 e. The number of fused-ring (bicyclic) bond motifs is 4. The first-order valence-corrected chi connectivity index (χ1v) is 11.5. The van der Waals surface area contributed by atoms with Gasteiger partial charge in [0.05, 0.1) is 0 Å². The van der Waals surface area contributed by atoms with Crippen LogP contribution < -0.4 is 0 Å². The number of amides is 1. The minimum Gasteiger partial charge on any atom is -0.448 e. The molecule has 0 unspecified atom stereocenters. The highest BCUT2D eigenvalue weighted by molar-refractivity contribution is 7.17. The van der Waals surface area contributed by atoms with E-state index in [-0.39, 0.29) is 18.1 Å². The van der Waals surface area contributed by atoms with Gasteiger partial charge in [-0.1, -0.05) is 60.7 Å². The molecule has 1 atom stereocenters. The molecule has 0 bridgehead atoms. The number of nitrogens with zero attached hydrogens (tertiary/aromatic N) is 1. The van der Waals surface area contributed by atoms with Crippen molar-refractivity contribution in [3.63, 3.8) is 0 Å². The van der Waals surface area contributed by atoms with E-state index in [0.717, 1.165) is 6.42 Å². The van der Waals surface area contributed by atoms with Crippen LogP contribution in [0.5, 0.6) is 0 Å². The Morgan fingerprint density at radius 3 is 2.39 bits per heavy atom. The largest absolute Gasteiger partial charge is 0.448 e. The second kappa shape index (κ2) is 8.20. The molecule has 31 heavy (non-hydrogen) atoms. The zero-order chi connectivity index (χ0) is 21.4. The Kier molecular flexibility index (Phi) is 5.24. The van der Waals surface area contributed by atoms with Gasteiger partial charge in [0.15, 0.2) is 0 Å². The van der Waals surface area contributed by atoms with Crippen LogP contribution in [0.4, 0.5) is 4.79 Å². The summed E-state index contributed by atoms with van der Waals surface area (Å²) in [5.41, 5.74) is 6.18. The van der Waals surface area contributed by atoms with Gasteiger partial charge < -0.3 is 9.64 Å². The zero-order valence-corrected chi connectivity index (χ0v) is 18.6. The molecule has 0 spiro atoms. The highest BCUT2D eigenvalue weighted by Gasteiger charge is 2.29. The lowest BCUT2D eigenvalue weighted by molar-refractivity contribution is 0.0970. The lowest BCUT2D eigenvalue weighted by Crippen LogP contribution is -2.37. The molecule has 3 aromatic carbocycles. The molecular formula is C27H25NO2S. The SMILES string of the molecule is C[C@@H](Cc1ccc2ccsc2c1)N(C)C(=O)OCC1c2ccccc2-c2ccccc21. The lowest BCUT2D eigenvalue weighted by atomic mass is 9.98. The Morgan fingerprint density at radius 2 is 1.68 bits per heavy atom. The molecule has 0 fully saturated rings. The van der Waals surface area contributed by atoms with Crippen molar-refractivity contribution in [3.8, 4) is 11.1 Å². The number of rotatable bonds is 5. The Bertz CT molecular complexity index is 1200. The maximum absolute atomic E-state index is 12.8. The van der Waals surface area contributed by atoms with E-state index in [1.54, 1.807) is 16.2 Å². The van der Waals surface area contributed by atoms with Crippen molar-refractivity contribution in [1.29, 1.82) is 0 Å². The number of carbonyl (C=O) groups excluding carboxylic acids is 1. The summed E-state index contributed by atoms with van der Waals surface area (Å²) < 4.78 is 7.09. The summed E-state index contributed by atoms with van der Waals surface area (Å²) in [6, 6.07) is 25.5. The van der Waals surface area contributed by atoms with Gasteiger partial charge in [-0.15, -0.1) is 11.3 Å². The minimum absolute atomic E-state index is 0.0491. The molecule has 1 heterocycles. The molecule has 0 saturated heterocycles. The van der Waals surface area contributed by atoms with Crippen LogP contribution in [-0.2, 0) is 11.2 Å². The van der Waals surface area contributed by atoms with E-state index in [2.05, 4.69) is 85.1 Å². The van der Waals surface area contributed by atoms with Crippen molar-refractivity contribution >= 4 is 27.5 Å². The molecule has 1 aliphatic rings. The zero-order valence-electron chi connectivity index (χ0n) is 17.7. The minimum atomic E-state index is -0.272. The Hall–Kier alpha value is -3.11. The molecule has 1 amide bonds. The summed E-state index contributed by atoms with van der Waals surface area (Å²) in [7, 11) is 1.83. The molecule has 3 nitrogen and oxygen atoms in total. The summed E-state index contributed by atoms with van der Waals surface area (Å²) in [6.45, 7) is 2.42. The normalized spacial score (nSPS) is 13.6. The quantitative estimate of drug-likeness (QED) is 0.354. The monoisotopic (exact) mass is 427 g/mol. The Morgan fingerprint density at radius 1 is 1.00 bits per heavy atom. The van der Waals surface area contributed by atoms with Crippen molar-refractivity contribution < 1.29 is 9.53 Å². The molecule has 156 valence electrons. The van der Waals surface area contributed by atoms with Gasteiger partial charge in [-0.3, -0.25) is 0 Å². The van der Waals surface area contributed by atoms with Crippen molar-refractivity contribution in [2.45, 2.75) is 25.3 Å². The van der Waals surface area contributed by atoms with Gasteiger partial charge >= 0.3 is 6.09 Å². The van der Waals surface area contributed by atoms with Gasteiger partial charge in [0.1, 0.15) is 6.61 Å². The van der Waals surface area contributed by atoms with Crippen LogP contribution in [0, 0.1) is 0 Å². The second-order valence-electron chi connectivity index (χ2n) is 8.26. The fraction of sp³-hybridized carbons (Fsp3) is 0.222. The Balaban J connectivity index is 1.26. The third-order valence-electron chi connectivity index (χ3n) is 6.34. The molecule has 0 aliphatic heterocycles. The van der Waals surface area contributed by atoms with Crippen molar-refractivity contribution in [2.75, 3.05) is 13.7 Å².